The van der Waals surface area contributed by atoms with Gasteiger partial charge in [0, 0.05) is 24.1 Å². The Morgan fingerprint density at radius 2 is 1.91 bits per heavy atom. The molecule has 0 amide bonds. The first-order chi connectivity index (χ1) is 15.9. The molecule has 1 aliphatic rings. The predicted molar refractivity (Wildman–Crippen MR) is 118 cm³/mol. The Bertz CT molecular complexity index is 1370. The van der Waals surface area contributed by atoms with Gasteiger partial charge < -0.3 is 9.64 Å². The monoisotopic (exact) mass is 452 g/mol. The molecule has 3 heterocycles. The van der Waals surface area contributed by atoms with Crippen molar-refractivity contribution >= 4 is 22.3 Å². The number of nitrogens with zero attached hydrogens (tertiary/aromatic N) is 3. The van der Waals surface area contributed by atoms with Gasteiger partial charge in [-0.05, 0) is 60.4 Å². The summed E-state index contributed by atoms with van der Waals surface area (Å²) in [6, 6.07) is 13.9. The first-order valence-corrected chi connectivity index (χ1v) is 10.4. The molecule has 4 aromatic rings. The van der Waals surface area contributed by atoms with Gasteiger partial charge in [0.2, 0.25) is 0 Å². The quantitative estimate of drug-likeness (QED) is 0.455. The van der Waals surface area contributed by atoms with E-state index < -0.39 is 12.6 Å². The number of aryl methyl sites for hydroxylation is 1. The minimum absolute atomic E-state index is 0.0637. The number of halogens is 3. The summed E-state index contributed by atoms with van der Waals surface area (Å²) in [6.07, 6.45) is -0.541. The minimum Gasteiger partial charge on any atom is -0.426 e. The summed E-state index contributed by atoms with van der Waals surface area (Å²) in [5, 5.41) is 0.426. The van der Waals surface area contributed by atoms with Crippen molar-refractivity contribution < 1.29 is 17.9 Å². The fourth-order valence-corrected chi connectivity index (χ4v) is 4.08. The smallest absolute Gasteiger partial charge is 0.393 e. The number of aromatic amines is 1. The summed E-state index contributed by atoms with van der Waals surface area (Å²) in [7, 11) is 0. The number of H-pyrrole nitrogens is 1. The van der Waals surface area contributed by atoms with E-state index in [0.717, 1.165) is 36.3 Å². The molecule has 0 bridgehead atoms. The Kier molecular flexibility index (Phi) is 5.24. The van der Waals surface area contributed by atoms with Gasteiger partial charge in [-0.25, -0.2) is 0 Å². The van der Waals surface area contributed by atoms with E-state index in [9.17, 15) is 18.0 Å². The Morgan fingerprint density at radius 3 is 2.70 bits per heavy atom. The molecule has 2 aromatic heterocycles. The van der Waals surface area contributed by atoms with Crippen LogP contribution < -0.4 is 15.2 Å². The highest BCUT2D eigenvalue weighted by Gasteiger charge is 2.28. The van der Waals surface area contributed by atoms with Gasteiger partial charge in [-0.3, -0.25) is 14.8 Å². The van der Waals surface area contributed by atoms with Crippen molar-refractivity contribution in [1.82, 2.24) is 15.0 Å². The molecule has 0 unspecified atom stereocenters. The van der Waals surface area contributed by atoms with Gasteiger partial charge >= 0.3 is 12.2 Å². The maximum atomic E-state index is 12.8. The zero-order valence-electron chi connectivity index (χ0n) is 17.4. The van der Waals surface area contributed by atoms with Crippen LogP contribution in [0.3, 0.4) is 0 Å². The topological polar surface area (TPSA) is 71.1 Å². The molecule has 9 heteroatoms. The third-order valence-corrected chi connectivity index (χ3v) is 5.52. The zero-order valence-corrected chi connectivity index (χ0v) is 17.4. The second-order valence-corrected chi connectivity index (χ2v) is 7.87. The van der Waals surface area contributed by atoms with E-state index in [1.54, 1.807) is 36.4 Å². The van der Waals surface area contributed by atoms with Crippen molar-refractivity contribution in [2.75, 3.05) is 11.4 Å². The van der Waals surface area contributed by atoms with Gasteiger partial charge in [0.1, 0.15) is 5.75 Å². The second kappa shape index (κ2) is 8.23. The highest BCUT2D eigenvalue weighted by Crippen LogP contribution is 2.36. The van der Waals surface area contributed by atoms with Crippen LogP contribution in [0.5, 0.6) is 11.8 Å². The van der Waals surface area contributed by atoms with E-state index in [1.807, 2.05) is 12.1 Å². The van der Waals surface area contributed by atoms with Crippen LogP contribution in [0.2, 0.25) is 0 Å². The van der Waals surface area contributed by atoms with Crippen LogP contribution in [0.25, 0.3) is 10.9 Å². The maximum absolute atomic E-state index is 12.8. The first-order valence-electron chi connectivity index (χ1n) is 10.4. The number of hydrogen-bond donors (Lipinski definition) is 1. The fraction of sp³-hybridized carbons (Fsp3) is 0.208. The van der Waals surface area contributed by atoms with Gasteiger partial charge in [-0.1, -0.05) is 12.1 Å². The molecule has 168 valence electrons. The summed E-state index contributed by atoms with van der Waals surface area (Å²) in [5.74, 6) is 0.489. The average molecular weight is 452 g/mol. The lowest BCUT2D eigenvalue weighted by atomic mass is 9.97. The van der Waals surface area contributed by atoms with Crippen LogP contribution in [0.15, 0.2) is 65.7 Å². The Morgan fingerprint density at radius 1 is 1.09 bits per heavy atom. The molecule has 5 rings (SSSR count). The molecule has 0 saturated carbocycles. The Balaban J connectivity index is 1.37. The third kappa shape index (κ3) is 4.52. The predicted octanol–water partition coefficient (Wildman–Crippen LogP) is 5.30. The molecule has 2 aromatic carbocycles. The van der Waals surface area contributed by atoms with Crippen LogP contribution in [0, 0.1) is 0 Å². The molecule has 1 aliphatic heterocycles. The number of aromatic nitrogens is 3. The number of alkyl halides is 3. The summed E-state index contributed by atoms with van der Waals surface area (Å²) in [5.41, 5.74) is 3.12. The molecule has 33 heavy (non-hydrogen) atoms. The van der Waals surface area contributed by atoms with Crippen molar-refractivity contribution in [3.63, 3.8) is 0 Å². The number of anilines is 2. The van der Waals surface area contributed by atoms with Gasteiger partial charge in [-0.15, -0.1) is 0 Å². The maximum Gasteiger partial charge on any atom is 0.393 e. The molecule has 6 nitrogen and oxygen atoms in total. The van der Waals surface area contributed by atoms with Crippen LogP contribution >= 0.6 is 0 Å². The van der Waals surface area contributed by atoms with E-state index in [-0.39, 0.29) is 17.1 Å². The van der Waals surface area contributed by atoms with Crippen LogP contribution in [0.1, 0.15) is 17.5 Å². The van der Waals surface area contributed by atoms with E-state index in [1.165, 1.54) is 12.4 Å². The molecule has 0 radical (unpaired) electrons. The molecule has 1 N–H and O–H groups in total. The normalized spacial score (nSPS) is 13.7. The summed E-state index contributed by atoms with van der Waals surface area (Å²) in [6.45, 7) is 0.762. The number of pyridine rings is 1. The minimum atomic E-state index is -4.22. The van der Waals surface area contributed by atoms with Gasteiger partial charge in [-0.2, -0.15) is 18.2 Å². The fourth-order valence-electron chi connectivity index (χ4n) is 4.08. The highest BCUT2D eigenvalue weighted by molar-refractivity contribution is 5.76. The number of benzene rings is 2. The van der Waals surface area contributed by atoms with Crippen molar-refractivity contribution in [1.29, 1.82) is 0 Å². The third-order valence-electron chi connectivity index (χ3n) is 5.52. The number of ether oxygens (including phenoxy) is 1. The molecule has 0 fully saturated rings. The van der Waals surface area contributed by atoms with Crippen LogP contribution in [0.4, 0.5) is 24.5 Å². The molecular formula is C24H19F3N4O2. The summed E-state index contributed by atoms with van der Waals surface area (Å²) in [4.78, 5) is 25.1. The highest BCUT2D eigenvalue weighted by atomic mass is 19.4. The molecule has 0 atom stereocenters. The number of rotatable bonds is 4. The van der Waals surface area contributed by atoms with E-state index in [2.05, 4.69) is 19.9 Å². The van der Waals surface area contributed by atoms with Crippen molar-refractivity contribution in [3.05, 3.63) is 82.4 Å². The second-order valence-electron chi connectivity index (χ2n) is 7.87. The lowest BCUT2D eigenvalue weighted by Gasteiger charge is -2.32. The Hall–Kier alpha value is -3.88. The first kappa shape index (κ1) is 21.0. The van der Waals surface area contributed by atoms with Crippen molar-refractivity contribution in [2.45, 2.75) is 25.4 Å². The molecule has 0 aliphatic carbocycles. The molecule has 0 saturated heterocycles. The van der Waals surface area contributed by atoms with Crippen molar-refractivity contribution in [3.8, 4) is 11.8 Å². The van der Waals surface area contributed by atoms with Gasteiger partial charge in [0.05, 0.1) is 23.5 Å². The SMILES string of the molecule is O=c1[nH]c(Oc2ccc(N3CCCc4cc(CC(F)(F)F)ccc43)cc2)nc2cnccc12. The van der Waals surface area contributed by atoms with Gasteiger partial charge in [0.25, 0.3) is 5.56 Å². The number of nitrogens with one attached hydrogen (secondary N) is 1. The van der Waals surface area contributed by atoms with E-state index >= 15 is 0 Å². The van der Waals surface area contributed by atoms with Crippen molar-refractivity contribution in [2.24, 2.45) is 0 Å². The summed E-state index contributed by atoms with van der Waals surface area (Å²) >= 11 is 0. The van der Waals surface area contributed by atoms with Crippen LogP contribution in [-0.2, 0) is 12.8 Å². The number of fused-ring (bicyclic) bond motifs is 2. The van der Waals surface area contributed by atoms with E-state index in [0.29, 0.717) is 16.7 Å². The average Bonchev–Trinajstić information content (AvgIpc) is 2.78. The Labute approximate surface area is 186 Å². The number of hydrogen-bond acceptors (Lipinski definition) is 5. The zero-order chi connectivity index (χ0) is 23.0. The molecule has 0 spiro atoms. The van der Waals surface area contributed by atoms with E-state index in [4.69, 9.17) is 4.74 Å². The standard InChI is InChI=1S/C24H19F3N4O2/c25-24(26,27)13-15-3-8-21-16(12-15)2-1-11-31(21)17-4-6-18(7-5-17)33-23-29-20-14-28-10-9-19(20)22(32)30-23/h3-10,12,14H,1-2,11,13H2,(H,29,30,32). The lowest BCUT2D eigenvalue weighted by molar-refractivity contribution is -0.127. The lowest BCUT2D eigenvalue weighted by Crippen LogP contribution is -2.24. The van der Waals surface area contributed by atoms with Gasteiger partial charge in [0.15, 0.2) is 0 Å². The largest absolute Gasteiger partial charge is 0.426 e. The molecular weight excluding hydrogens is 433 g/mol. The van der Waals surface area contributed by atoms with Crippen LogP contribution in [-0.4, -0.2) is 27.7 Å². The summed E-state index contributed by atoms with van der Waals surface area (Å²) < 4.78 is 44.0.